The van der Waals surface area contributed by atoms with Gasteiger partial charge in [-0.15, -0.1) is 0 Å². The first-order valence-corrected chi connectivity index (χ1v) is 11.0. The van der Waals surface area contributed by atoms with Crippen LogP contribution in [0.25, 0.3) is 0 Å². The van der Waals surface area contributed by atoms with Gasteiger partial charge in [0.2, 0.25) is 0 Å². The number of fused-ring (bicyclic) bond motifs is 1. The second-order valence-corrected chi connectivity index (χ2v) is 8.69. The molecule has 4 nitrogen and oxygen atoms in total. The Hall–Kier alpha value is -3.41. The highest BCUT2D eigenvalue weighted by Crippen LogP contribution is 2.43. The van der Waals surface area contributed by atoms with Gasteiger partial charge in [0, 0.05) is 21.7 Å². The van der Waals surface area contributed by atoms with Gasteiger partial charge in [-0.05, 0) is 53.6 Å². The van der Waals surface area contributed by atoms with E-state index in [0.717, 1.165) is 11.1 Å². The molecular formula is C26H17Cl2FN2O2. The third-order valence-corrected chi connectivity index (χ3v) is 6.29. The average molecular weight is 479 g/mol. The van der Waals surface area contributed by atoms with Crippen LogP contribution in [0.4, 0.5) is 10.2 Å². The van der Waals surface area contributed by atoms with Crippen LogP contribution < -0.4 is 10.9 Å². The zero-order valence-corrected chi connectivity index (χ0v) is 18.6. The number of carbonyl (C=O) groups excluding carboxylic acids is 1. The normalized spacial score (nSPS) is 16.8. The average Bonchev–Trinajstić information content (AvgIpc) is 3.21. The second kappa shape index (κ2) is 8.50. The highest BCUT2D eigenvalue weighted by Gasteiger charge is 2.37. The van der Waals surface area contributed by atoms with E-state index in [2.05, 4.69) is 5.32 Å². The van der Waals surface area contributed by atoms with Crippen molar-refractivity contribution in [3.05, 3.63) is 133 Å². The number of halogens is 3. The number of ketones is 1. The lowest BCUT2D eigenvalue weighted by molar-refractivity contribution is 0.103. The Balaban J connectivity index is 1.69. The Morgan fingerprint density at radius 1 is 0.848 bits per heavy atom. The van der Waals surface area contributed by atoms with E-state index >= 15 is 0 Å². The van der Waals surface area contributed by atoms with E-state index in [1.54, 1.807) is 34.9 Å². The number of pyridine rings is 1. The highest BCUT2D eigenvalue weighted by molar-refractivity contribution is 6.30. The number of hydrogen-bond donors (Lipinski definition) is 1. The molecule has 33 heavy (non-hydrogen) atoms. The number of nitrogens with one attached hydrogen (secondary N) is 1. The van der Waals surface area contributed by atoms with Crippen LogP contribution in [0.2, 0.25) is 10.0 Å². The van der Waals surface area contributed by atoms with Gasteiger partial charge in [-0.1, -0.05) is 59.6 Å². The minimum absolute atomic E-state index is 0.205. The van der Waals surface area contributed by atoms with Crippen LogP contribution in [0, 0.1) is 5.82 Å². The molecule has 0 amide bonds. The van der Waals surface area contributed by atoms with Crippen LogP contribution in [0.3, 0.4) is 0 Å². The SMILES string of the molecule is O=C(c1cccc(F)c1)c1ccc(=O)n2c1N[C@H](c1ccc(Cl)cc1)[C@@H]2c1ccc(Cl)cc1. The fraction of sp³-hybridized carbons (Fsp3) is 0.0769. The Bertz CT molecular complexity index is 1420. The Labute approximate surface area is 199 Å². The third kappa shape index (κ3) is 3.94. The lowest BCUT2D eigenvalue weighted by atomic mass is 9.94. The predicted octanol–water partition coefficient (Wildman–Crippen LogP) is 6.28. The third-order valence-electron chi connectivity index (χ3n) is 5.78. The van der Waals surface area contributed by atoms with Crippen LogP contribution in [-0.4, -0.2) is 10.4 Å². The maximum atomic E-state index is 13.8. The maximum Gasteiger partial charge on any atom is 0.252 e. The quantitative estimate of drug-likeness (QED) is 0.351. The van der Waals surface area contributed by atoms with Gasteiger partial charge in [-0.25, -0.2) is 4.39 Å². The summed E-state index contributed by atoms with van der Waals surface area (Å²) in [4.78, 5) is 26.4. The standard InChI is InChI=1S/C26H17Cl2FN2O2/c27-18-8-4-15(5-9-18)23-24(16-6-10-19(28)11-7-16)31-22(32)13-12-21(26(31)30-23)25(33)17-2-1-3-20(29)14-17/h1-14,23-24,30H/t23-,24+/m1/s1. The molecule has 0 spiro atoms. The van der Waals surface area contributed by atoms with Gasteiger partial charge in [0.1, 0.15) is 11.6 Å². The molecule has 0 fully saturated rings. The van der Waals surface area contributed by atoms with Crippen LogP contribution in [0.15, 0.2) is 89.7 Å². The molecule has 4 aromatic rings. The molecule has 1 aromatic heterocycles. The molecule has 164 valence electrons. The largest absolute Gasteiger partial charge is 0.361 e. The molecule has 0 saturated heterocycles. The van der Waals surface area contributed by atoms with Crippen LogP contribution >= 0.6 is 23.2 Å². The summed E-state index contributed by atoms with van der Waals surface area (Å²) < 4.78 is 15.3. The smallest absolute Gasteiger partial charge is 0.252 e. The summed E-state index contributed by atoms with van der Waals surface area (Å²) in [5.41, 5.74) is 1.98. The predicted molar refractivity (Wildman–Crippen MR) is 128 cm³/mol. The van der Waals surface area contributed by atoms with E-state index < -0.39 is 11.9 Å². The fourth-order valence-electron chi connectivity index (χ4n) is 4.26. The van der Waals surface area contributed by atoms with Gasteiger partial charge in [0.05, 0.1) is 17.6 Å². The van der Waals surface area contributed by atoms with Crippen LogP contribution in [0.5, 0.6) is 0 Å². The number of anilines is 1. The van der Waals surface area contributed by atoms with Gasteiger partial charge in [0.15, 0.2) is 5.78 Å². The first kappa shape index (κ1) is 21.4. The summed E-state index contributed by atoms with van der Waals surface area (Å²) in [6.45, 7) is 0. The number of nitrogens with zero attached hydrogens (tertiary/aromatic N) is 1. The Kier molecular flexibility index (Phi) is 5.52. The van der Waals surface area contributed by atoms with Gasteiger partial charge < -0.3 is 5.32 Å². The highest BCUT2D eigenvalue weighted by atomic mass is 35.5. The van der Waals surface area contributed by atoms with Crippen molar-refractivity contribution in [2.75, 3.05) is 5.32 Å². The summed E-state index contributed by atoms with van der Waals surface area (Å²) in [6.07, 6.45) is 0. The molecule has 0 aliphatic carbocycles. The molecular weight excluding hydrogens is 462 g/mol. The number of hydrogen-bond acceptors (Lipinski definition) is 3. The second-order valence-electron chi connectivity index (χ2n) is 7.81. The van der Waals surface area contributed by atoms with Crippen molar-refractivity contribution in [2.45, 2.75) is 12.1 Å². The molecule has 0 unspecified atom stereocenters. The number of aromatic nitrogens is 1. The van der Waals surface area contributed by atoms with Crippen molar-refractivity contribution in [1.82, 2.24) is 4.57 Å². The minimum atomic E-state index is -0.503. The molecule has 7 heteroatoms. The summed E-state index contributed by atoms with van der Waals surface area (Å²) in [5, 5.41) is 4.55. The Morgan fingerprint density at radius 2 is 1.48 bits per heavy atom. The molecule has 0 saturated carbocycles. The molecule has 0 bridgehead atoms. The minimum Gasteiger partial charge on any atom is -0.361 e. The number of benzene rings is 3. The summed E-state index contributed by atoms with van der Waals surface area (Å²) in [6, 6.07) is 22.1. The lowest BCUT2D eigenvalue weighted by Crippen LogP contribution is -2.25. The molecule has 0 radical (unpaired) electrons. The molecule has 2 heterocycles. The van der Waals surface area contributed by atoms with Gasteiger partial charge >= 0.3 is 0 Å². The monoisotopic (exact) mass is 478 g/mol. The molecule has 3 aromatic carbocycles. The summed E-state index contributed by atoms with van der Waals surface area (Å²) in [7, 11) is 0. The van der Waals surface area contributed by atoms with Crippen molar-refractivity contribution < 1.29 is 9.18 Å². The number of carbonyl (C=O) groups is 1. The van der Waals surface area contributed by atoms with Crippen molar-refractivity contribution in [3.8, 4) is 0 Å². The van der Waals surface area contributed by atoms with E-state index in [0.29, 0.717) is 15.9 Å². The topological polar surface area (TPSA) is 51.1 Å². The Morgan fingerprint density at radius 3 is 2.12 bits per heavy atom. The van der Waals surface area contributed by atoms with Crippen molar-refractivity contribution in [1.29, 1.82) is 0 Å². The van der Waals surface area contributed by atoms with E-state index in [1.165, 1.54) is 30.3 Å². The van der Waals surface area contributed by atoms with Gasteiger partial charge in [-0.3, -0.25) is 14.2 Å². The lowest BCUT2D eigenvalue weighted by Gasteiger charge is -2.22. The van der Waals surface area contributed by atoms with Gasteiger partial charge in [-0.2, -0.15) is 0 Å². The summed E-state index contributed by atoms with van der Waals surface area (Å²) >= 11 is 12.2. The molecule has 1 aliphatic rings. The zero-order chi connectivity index (χ0) is 23.1. The number of rotatable bonds is 4. The van der Waals surface area contributed by atoms with Crippen LogP contribution in [-0.2, 0) is 0 Å². The maximum absolute atomic E-state index is 13.8. The van der Waals surface area contributed by atoms with Crippen molar-refractivity contribution in [2.24, 2.45) is 0 Å². The molecule has 1 aliphatic heterocycles. The zero-order valence-electron chi connectivity index (χ0n) is 17.1. The molecule has 1 N–H and O–H groups in total. The van der Waals surface area contributed by atoms with E-state index in [9.17, 15) is 14.0 Å². The van der Waals surface area contributed by atoms with E-state index in [4.69, 9.17) is 23.2 Å². The first-order valence-electron chi connectivity index (χ1n) is 10.3. The summed E-state index contributed by atoms with van der Waals surface area (Å²) in [5.74, 6) is -0.495. The fourth-order valence-corrected chi connectivity index (χ4v) is 4.51. The van der Waals surface area contributed by atoms with Gasteiger partial charge in [0.25, 0.3) is 5.56 Å². The first-order chi connectivity index (χ1) is 15.9. The van der Waals surface area contributed by atoms with E-state index in [1.807, 2.05) is 24.3 Å². The van der Waals surface area contributed by atoms with Crippen molar-refractivity contribution in [3.63, 3.8) is 0 Å². The van der Waals surface area contributed by atoms with E-state index in [-0.39, 0.29) is 28.5 Å². The van der Waals surface area contributed by atoms with Crippen LogP contribution in [0.1, 0.15) is 39.1 Å². The molecule has 2 atom stereocenters. The molecule has 5 rings (SSSR count). The van der Waals surface area contributed by atoms with Crippen molar-refractivity contribution >= 4 is 34.8 Å².